The molecule has 0 bridgehead atoms. The van der Waals surface area contributed by atoms with Gasteiger partial charge in [-0.05, 0) is 80.4 Å². The van der Waals surface area contributed by atoms with E-state index in [0.29, 0.717) is 11.7 Å². The second-order valence-electron chi connectivity index (χ2n) is 6.97. The highest BCUT2D eigenvalue weighted by molar-refractivity contribution is 5.28. The van der Waals surface area contributed by atoms with Crippen molar-refractivity contribution in [2.24, 2.45) is 11.8 Å². The molecule has 0 aromatic heterocycles. The molecule has 1 saturated carbocycles. The van der Waals surface area contributed by atoms with Crippen LogP contribution in [0.4, 0.5) is 0 Å². The zero-order valence-electron chi connectivity index (χ0n) is 13.0. The second kappa shape index (κ2) is 7.31. The number of ether oxygens (including phenoxy) is 1. The van der Waals surface area contributed by atoms with Crippen LogP contribution in [0.15, 0.2) is 24.3 Å². The van der Waals surface area contributed by atoms with Gasteiger partial charge in [-0.15, -0.1) is 0 Å². The molecule has 1 unspecified atom stereocenters. The van der Waals surface area contributed by atoms with Crippen LogP contribution in [0.3, 0.4) is 0 Å². The molecule has 1 aliphatic carbocycles. The van der Waals surface area contributed by atoms with Crippen molar-refractivity contribution in [3.63, 3.8) is 0 Å². The lowest BCUT2D eigenvalue weighted by atomic mass is 9.76. The topological polar surface area (TPSA) is 29.5 Å². The quantitative estimate of drug-likeness (QED) is 0.856. The van der Waals surface area contributed by atoms with Crippen LogP contribution in [0.5, 0.6) is 5.75 Å². The molecule has 2 nitrogen and oxygen atoms in total. The number of rotatable bonds is 4. The minimum absolute atomic E-state index is 0.377. The first-order valence-electron chi connectivity index (χ1n) is 8.68. The van der Waals surface area contributed by atoms with Crippen LogP contribution in [0, 0.1) is 11.8 Å². The number of benzene rings is 1. The molecule has 1 saturated heterocycles. The highest BCUT2D eigenvalue weighted by atomic mass is 16.5. The van der Waals surface area contributed by atoms with Crippen LogP contribution in [-0.2, 0) is 4.74 Å². The zero-order chi connectivity index (χ0) is 14.5. The van der Waals surface area contributed by atoms with E-state index in [1.165, 1.54) is 56.9 Å². The Morgan fingerprint density at radius 3 is 2.29 bits per heavy atom. The van der Waals surface area contributed by atoms with Crippen LogP contribution in [0.2, 0.25) is 0 Å². The molecule has 21 heavy (non-hydrogen) atoms. The third-order valence-corrected chi connectivity index (χ3v) is 5.45. The molecule has 0 spiro atoms. The molecule has 0 radical (unpaired) electrons. The summed E-state index contributed by atoms with van der Waals surface area (Å²) in [7, 11) is 0. The lowest BCUT2D eigenvalue weighted by Gasteiger charge is -2.30. The molecule has 2 aliphatic rings. The minimum atomic E-state index is 0.377. The number of hydrogen-bond donors (Lipinski definition) is 1. The van der Waals surface area contributed by atoms with Crippen molar-refractivity contribution in [2.75, 3.05) is 13.2 Å². The van der Waals surface area contributed by atoms with Gasteiger partial charge in [-0.3, -0.25) is 0 Å². The molecule has 3 rings (SSSR count). The summed E-state index contributed by atoms with van der Waals surface area (Å²) >= 11 is 0. The maximum atomic E-state index is 9.38. The van der Waals surface area contributed by atoms with Gasteiger partial charge >= 0.3 is 0 Å². The smallest absolute Gasteiger partial charge is 0.115 e. The number of aromatic hydroxyl groups is 1. The van der Waals surface area contributed by atoms with E-state index in [4.69, 9.17) is 4.74 Å². The Labute approximate surface area is 128 Å². The Hall–Kier alpha value is -1.02. The van der Waals surface area contributed by atoms with Gasteiger partial charge in [-0.1, -0.05) is 18.6 Å². The molecule has 2 fully saturated rings. The molecule has 1 aliphatic heterocycles. The van der Waals surface area contributed by atoms with E-state index in [0.717, 1.165) is 25.0 Å². The average molecular weight is 288 g/mol. The summed E-state index contributed by atoms with van der Waals surface area (Å²) < 4.78 is 5.59. The largest absolute Gasteiger partial charge is 0.508 e. The molecule has 2 heteroatoms. The fourth-order valence-corrected chi connectivity index (χ4v) is 4.04. The van der Waals surface area contributed by atoms with Crippen LogP contribution < -0.4 is 0 Å². The van der Waals surface area contributed by atoms with E-state index in [1.54, 1.807) is 0 Å². The van der Waals surface area contributed by atoms with E-state index in [9.17, 15) is 5.11 Å². The third-order valence-electron chi connectivity index (χ3n) is 5.45. The summed E-state index contributed by atoms with van der Waals surface area (Å²) in [4.78, 5) is 0. The van der Waals surface area contributed by atoms with Crippen molar-refractivity contribution >= 4 is 0 Å². The Morgan fingerprint density at radius 2 is 1.62 bits per heavy atom. The van der Waals surface area contributed by atoms with Crippen molar-refractivity contribution in [1.29, 1.82) is 0 Å². The number of phenols is 1. The van der Waals surface area contributed by atoms with E-state index < -0.39 is 0 Å². The summed E-state index contributed by atoms with van der Waals surface area (Å²) in [6.07, 6.45) is 10.8. The van der Waals surface area contributed by atoms with Crippen molar-refractivity contribution < 1.29 is 9.84 Å². The first kappa shape index (κ1) is 14.9. The predicted molar refractivity (Wildman–Crippen MR) is 85.6 cm³/mol. The fourth-order valence-electron chi connectivity index (χ4n) is 4.04. The van der Waals surface area contributed by atoms with Crippen molar-refractivity contribution in [1.82, 2.24) is 0 Å². The van der Waals surface area contributed by atoms with Gasteiger partial charge in [0.05, 0.1) is 0 Å². The van der Waals surface area contributed by atoms with Gasteiger partial charge in [0.1, 0.15) is 5.75 Å². The van der Waals surface area contributed by atoms with Crippen molar-refractivity contribution in [3.8, 4) is 5.75 Å². The Morgan fingerprint density at radius 1 is 0.905 bits per heavy atom. The molecule has 1 aromatic rings. The van der Waals surface area contributed by atoms with Crippen LogP contribution in [0.25, 0.3) is 0 Å². The van der Waals surface area contributed by atoms with Gasteiger partial charge < -0.3 is 9.84 Å². The fraction of sp³-hybridized carbons (Fsp3) is 0.684. The maximum Gasteiger partial charge on any atom is 0.115 e. The van der Waals surface area contributed by atoms with E-state index in [1.807, 2.05) is 12.1 Å². The third kappa shape index (κ3) is 4.23. The van der Waals surface area contributed by atoms with Gasteiger partial charge in [0.2, 0.25) is 0 Å². The molecular formula is C19H28O2. The van der Waals surface area contributed by atoms with Crippen LogP contribution in [-0.4, -0.2) is 18.3 Å². The van der Waals surface area contributed by atoms with Crippen LogP contribution >= 0.6 is 0 Å². The van der Waals surface area contributed by atoms with Gasteiger partial charge in [0.15, 0.2) is 0 Å². The lowest BCUT2D eigenvalue weighted by molar-refractivity contribution is 0.0483. The summed E-state index contributed by atoms with van der Waals surface area (Å²) in [6, 6.07) is 7.84. The van der Waals surface area contributed by atoms with E-state index in [2.05, 4.69) is 12.1 Å². The lowest BCUT2D eigenvalue weighted by Crippen LogP contribution is -2.19. The normalized spacial score (nSPS) is 30.2. The van der Waals surface area contributed by atoms with Crippen molar-refractivity contribution in [2.45, 2.75) is 57.3 Å². The SMILES string of the molecule is Oc1ccc(C2CCC(CCC3CCCOC3)CC2)cc1. The Bertz CT molecular complexity index is 412. The summed E-state index contributed by atoms with van der Waals surface area (Å²) in [5, 5.41) is 9.38. The van der Waals surface area contributed by atoms with Gasteiger partial charge in [-0.2, -0.15) is 0 Å². The Balaban J connectivity index is 1.41. The average Bonchev–Trinajstić information content (AvgIpc) is 2.55. The zero-order valence-corrected chi connectivity index (χ0v) is 13.0. The maximum absolute atomic E-state index is 9.38. The number of hydrogen-bond acceptors (Lipinski definition) is 2. The monoisotopic (exact) mass is 288 g/mol. The first-order valence-corrected chi connectivity index (χ1v) is 8.68. The molecule has 1 heterocycles. The summed E-state index contributed by atoms with van der Waals surface area (Å²) in [5.74, 6) is 2.84. The standard InChI is InChI=1S/C19H28O2/c20-19-11-9-18(10-12-19)17-7-5-15(6-8-17)3-4-16-2-1-13-21-14-16/h9-12,15-17,20H,1-8,13-14H2. The molecule has 1 atom stereocenters. The van der Waals surface area contributed by atoms with Crippen LogP contribution in [0.1, 0.15) is 62.8 Å². The molecule has 116 valence electrons. The van der Waals surface area contributed by atoms with Gasteiger partial charge in [0, 0.05) is 13.2 Å². The summed E-state index contributed by atoms with van der Waals surface area (Å²) in [5.41, 5.74) is 1.41. The minimum Gasteiger partial charge on any atom is -0.508 e. The Kier molecular flexibility index (Phi) is 5.18. The second-order valence-corrected chi connectivity index (χ2v) is 6.97. The molecule has 0 amide bonds. The number of phenolic OH excluding ortho intramolecular Hbond substituents is 1. The molecule has 1 N–H and O–H groups in total. The highest BCUT2D eigenvalue weighted by Gasteiger charge is 2.23. The van der Waals surface area contributed by atoms with E-state index >= 15 is 0 Å². The van der Waals surface area contributed by atoms with E-state index in [-0.39, 0.29) is 0 Å². The summed E-state index contributed by atoms with van der Waals surface area (Å²) in [6.45, 7) is 1.98. The first-order chi connectivity index (χ1) is 10.3. The highest BCUT2D eigenvalue weighted by Crippen LogP contribution is 2.38. The van der Waals surface area contributed by atoms with Gasteiger partial charge in [0.25, 0.3) is 0 Å². The van der Waals surface area contributed by atoms with Crippen molar-refractivity contribution in [3.05, 3.63) is 29.8 Å². The predicted octanol–water partition coefficient (Wildman–Crippen LogP) is 4.87. The van der Waals surface area contributed by atoms with Gasteiger partial charge in [-0.25, -0.2) is 0 Å². The molecule has 1 aromatic carbocycles. The molecular weight excluding hydrogens is 260 g/mol.